The molecule has 0 unspecified atom stereocenters. The summed E-state index contributed by atoms with van der Waals surface area (Å²) in [5, 5.41) is 1.15. The molecule has 0 spiro atoms. The molecule has 0 N–H and O–H groups in total. The summed E-state index contributed by atoms with van der Waals surface area (Å²) in [6.07, 6.45) is 0.149. The zero-order valence-corrected chi connectivity index (χ0v) is 16.7. The van der Waals surface area contributed by atoms with E-state index in [1.807, 2.05) is 13.1 Å². The smallest absolute Gasteiger partial charge is 0.252 e. The molecule has 3 aromatic rings. The summed E-state index contributed by atoms with van der Waals surface area (Å²) in [5.41, 5.74) is 1.55. The van der Waals surface area contributed by atoms with E-state index in [2.05, 4.69) is 4.99 Å². The van der Waals surface area contributed by atoms with Gasteiger partial charge in [0.1, 0.15) is 0 Å². The van der Waals surface area contributed by atoms with Crippen LogP contribution in [0.3, 0.4) is 0 Å². The van der Waals surface area contributed by atoms with Gasteiger partial charge in [-0.1, -0.05) is 40.6 Å². The van der Waals surface area contributed by atoms with Crippen LogP contribution < -0.4 is 14.3 Å². The molecule has 3 rings (SSSR count). The first-order chi connectivity index (χ1) is 12.4. The lowest BCUT2D eigenvalue weighted by Gasteiger charge is -2.08. The van der Waals surface area contributed by atoms with Crippen LogP contribution in [0.25, 0.3) is 10.2 Å². The second-order valence-corrected chi connectivity index (χ2v) is 7.31. The van der Waals surface area contributed by atoms with Crippen molar-refractivity contribution in [2.45, 2.75) is 6.42 Å². The van der Waals surface area contributed by atoms with Gasteiger partial charge in [-0.3, -0.25) is 4.79 Å². The molecular formula is C18H16Cl2N2O3S. The molecule has 5 nitrogen and oxygen atoms in total. The highest BCUT2D eigenvalue weighted by Gasteiger charge is 2.12. The number of benzene rings is 2. The summed E-state index contributed by atoms with van der Waals surface area (Å²) in [7, 11) is 4.93. The maximum atomic E-state index is 12.4. The maximum Gasteiger partial charge on any atom is 0.252 e. The third-order valence-electron chi connectivity index (χ3n) is 3.87. The minimum atomic E-state index is -0.272. The zero-order valence-electron chi connectivity index (χ0n) is 14.4. The number of rotatable bonds is 4. The molecule has 0 fully saturated rings. The van der Waals surface area contributed by atoms with Crippen LogP contribution in [0.15, 0.2) is 35.3 Å². The summed E-state index contributed by atoms with van der Waals surface area (Å²) in [6.45, 7) is 0. The van der Waals surface area contributed by atoms with Crippen molar-refractivity contribution < 1.29 is 14.3 Å². The van der Waals surface area contributed by atoms with E-state index in [9.17, 15) is 4.79 Å². The highest BCUT2D eigenvalue weighted by molar-refractivity contribution is 7.17. The Hall–Kier alpha value is -2.02. The Bertz CT molecular complexity index is 1060. The fourth-order valence-electron chi connectivity index (χ4n) is 2.60. The van der Waals surface area contributed by atoms with Gasteiger partial charge in [0.15, 0.2) is 16.3 Å². The zero-order chi connectivity index (χ0) is 18.8. The van der Waals surface area contributed by atoms with Crippen molar-refractivity contribution in [1.29, 1.82) is 0 Å². The molecule has 8 heteroatoms. The molecule has 0 atom stereocenters. The number of methoxy groups -OCH3 is 2. The molecule has 0 aliphatic carbocycles. The van der Waals surface area contributed by atoms with Gasteiger partial charge in [-0.2, -0.15) is 4.99 Å². The quantitative estimate of drug-likeness (QED) is 0.646. The third kappa shape index (κ3) is 3.58. The number of aromatic nitrogens is 1. The van der Waals surface area contributed by atoms with Crippen LogP contribution >= 0.6 is 34.5 Å². The second-order valence-electron chi connectivity index (χ2n) is 5.52. The number of hydrogen-bond acceptors (Lipinski definition) is 4. The number of carbonyl (C=O) groups is 1. The monoisotopic (exact) mass is 410 g/mol. The van der Waals surface area contributed by atoms with Gasteiger partial charge >= 0.3 is 0 Å². The first kappa shape index (κ1) is 18.8. The Morgan fingerprint density at radius 3 is 2.46 bits per heavy atom. The summed E-state index contributed by atoms with van der Waals surface area (Å²) in [5.74, 6) is 0.913. The van der Waals surface area contributed by atoms with E-state index in [0.717, 1.165) is 15.8 Å². The number of aryl methyl sites for hydroxylation is 1. The van der Waals surface area contributed by atoms with Crippen LogP contribution in [-0.4, -0.2) is 24.7 Å². The molecule has 26 heavy (non-hydrogen) atoms. The molecular weight excluding hydrogens is 395 g/mol. The average molecular weight is 411 g/mol. The number of amides is 1. The van der Waals surface area contributed by atoms with Gasteiger partial charge in [-0.05, 0) is 29.8 Å². The predicted molar refractivity (Wildman–Crippen MR) is 105 cm³/mol. The Balaban J connectivity index is 1.95. The number of carbonyl (C=O) groups excluding carboxylic acids is 1. The molecule has 2 aromatic carbocycles. The highest BCUT2D eigenvalue weighted by Crippen LogP contribution is 2.31. The van der Waals surface area contributed by atoms with E-state index >= 15 is 0 Å². The van der Waals surface area contributed by atoms with Crippen LogP contribution in [-0.2, 0) is 18.3 Å². The Morgan fingerprint density at radius 1 is 1.12 bits per heavy atom. The van der Waals surface area contributed by atoms with E-state index < -0.39 is 0 Å². The van der Waals surface area contributed by atoms with Crippen molar-refractivity contribution in [3.05, 3.63) is 50.7 Å². The number of thiazole rings is 1. The van der Waals surface area contributed by atoms with Gasteiger partial charge in [-0.25, -0.2) is 0 Å². The second kappa shape index (κ2) is 7.70. The molecule has 0 bridgehead atoms. The first-order valence-electron chi connectivity index (χ1n) is 7.66. The topological polar surface area (TPSA) is 52.8 Å². The van der Waals surface area contributed by atoms with Gasteiger partial charge in [0.2, 0.25) is 0 Å². The van der Waals surface area contributed by atoms with Crippen LogP contribution in [0.5, 0.6) is 11.5 Å². The van der Waals surface area contributed by atoms with Gasteiger partial charge in [0, 0.05) is 7.05 Å². The van der Waals surface area contributed by atoms with Crippen molar-refractivity contribution in [3.8, 4) is 11.5 Å². The fourth-order valence-corrected chi connectivity index (χ4v) is 4.27. The van der Waals surface area contributed by atoms with Crippen LogP contribution in [0.1, 0.15) is 5.56 Å². The first-order valence-corrected chi connectivity index (χ1v) is 9.23. The number of ether oxygens (including phenoxy) is 2. The molecule has 0 aliphatic heterocycles. The fraction of sp³-hybridized carbons (Fsp3) is 0.222. The van der Waals surface area contributed by atoms with E-state index in [0.29, 0.717) is 26.3 Å². The molecule has 1 aromatic heterocycles. The Kier molecular flexibility index (Phi) is 5.55. The normalized spacial score (nSPS) is 11.8. The highest BCUT2D eigenvalue weighted by atomic mass is 35.5. The molecule has 1 amide bonds. The lowest BCUT2D eigenvalue weighted by molar-refractivity contribution is -0.117. The Morgan fingerprint density at radius 2 is 1.81 bits per heavy atom. The summed E-state index contributed by atoms with van der Waals surface area (Å²) >= 11 is 13.8. The van der Waals surface area contributed by atoms with E-state index in [-0.39, 0.29) is 12.3 Å². The van der Waals surface area contributed by atoms with Gasteiger partial charge in [0.25, 0.3) is 5.91 Å². The summed E-state index contributed by atoms with van der Waals surface area (Å²) in [6, 6.07) is 8.81. The molecule has 0 saturated heterocycles. The maximum absolute atomic E-state index is 12.4. The number of fused-ring (bicyclic) bond motifs is 1. The van der Waals surface area contributed by atoms with Gasteiger partial charge < -0.3 is 14.0 Å². The number of halogens is 2. The molecule has 0 aliphatic rings. The largest absolute Gasteiger partial charge is 0.493 e. The average Bonchev–Trinajstić information content (AvgIpc) is 2.95. The number of nitrogens with zero attached hydrogens (tertiary/aromatic N) is 2. The molecule has 136 valence electrons. The SMILES string of the molecule is COc1ccc(CC(=O)N=c2sc3c(Cl)ccc(Cl)c3n2C)cc1OC. The van der Waals surface area contributed by atoms with Gasteiger partial charge in [-0.15, -0.1) is 0 Å². The lowest BCUT2D eigenvalue weighted by atomic mass is 10.1. The molecule has 0 radical (unpaired) electrons. The van der Waals surface area contributed by atoms with Crippen molar-refractivity contribution in [3.63, 3.8) is 0 Å². The molecule has 1 heterocycles. The molecule has 0 saturated carbocycles. The van der Waals surface area contributed by atoms with Gasteiger partial charge in [0.05, 0.1) is 40.9 Å². The van der Waals surface area contributed by atoms with Crippen LogP contribution in [0.4, 0.5) is 0 Å². The van der Waals surface area contributed by atoms with Crippen molar-refractivity contribution in [2.24, 2.45) is 12.0 Å². The Labute approximate surface area is 164 Å². The van der Waals surface area contributed by atoms with E-state index in [4.69, 9.17) is 32.7 Å². The summed E-state index contributed by atoms with van der Waals surface area (Å²) in [4.78, 5) is 17.2. The van der Waals surface area contributed by atoms with Crippen LogP contribution in [0, 0.1) is 0 Å². The predicted octanol–water partition coefficient (Wildman–Crippen LogP) is 4.23. The lowest BCUT2D eigenvalue weighted by Crippen LogP contribution is -2.14. The van der Waals surface area contributed by atoms with Crippen LogP contribution in [0.2, 0.25) is 10.0 Å². The number of hydrogen-bond donors (Lipinski definition) is 0. The summed E-state index contributed by atoms with van der Waals surface area (Å²) < 4.78 is 13.1. The van der Waals surface area contributed by atoms with Crippen molar-refractivity contribution in [2.75, 3.05) is 14.2 Å². The minimum absolute atomic E-state index is 0.149. The van der Waals surface area contributed by atoms with E-state index in [1.165, 1.54) is 11.3 Å². The van der Waals surface area contributed by atoms with E-state index in [1.54, 1.807) is 43.1 Å². The standard InChI is InChI=1S/C18H16Cl2N2O3S/c1-22-16-11(19)5-6-12(20)17(16)26-18(22)21-15(23)9-10-4-7-13(24-2)14(8-10)25-3/h4-8H,9H2,1-3H3. The van der Waals surface area contributed by atoms with Crippen molar-refractivity contribution in [1.82, 2.24) is 4.57 Å². The minimum Gasteiger partial charge on any atom is -0.493 e. The van der Waals surface area contributed by atoms with Crippen molar-refractivity contribution >= 4 is 50.7 Å². The third-order valence-corrected chi connectivity index (χ3v) is 5.77.